The molecule has 2 aromatic rings. The van der Waals surface area contributed by atoms with Gasteiger partial charge in [-0.2, -0.15) is 8.87 Å². The van der Waals surface area contributed by atoms with Crippen molar-refractivity contribution >= 4 is 18.2 Å². The van der Waals surface area contributed by atoms with Crippen LogP contribution < -0.4 is 4.74 Å². The van der Waals surface area contributed by atoms with Crippen LogP contribution in [-0.4, -0.2) is 41.2 Å². The van der Waals surface area contributed by atoms with E-state index in [9.17, 15) is 8.68 Å². The third-order valence-corrected chi connectivity index (χ3v) is 4.86. The van der Waals surface area contributed by atoms with Crippen molar-refractivity contribution in [2.24, 2.45) is 0 Å². The van der Waals surface area contributed by atoms with Gasteiger partial charge in [-0.3, -0.25) is 0 Å². The van der Waals surface area contributed by atoms with Gasteiger partial charge in [0.2, 0.25) is 0 Å². The maximum Gasteiger partial charge on any atom is 0.410 e. The lowest BCUT2D eigenvalue weighted by molar-refractivity contribution is 0.0858. The first kappa shape index (κ1) is 18.4. The zero-order valence-corrected chi connectivity index (χ0v) is 15.2. The van der Waals surface area contributed by atoms with Gasteiger partial charge in [-0.25, -0.2) is 9.78 Å². The highest BCUT2D eigenvalue weighted by Crippen LogP contribution is 2.30. The van der Waals surface area contributed by atoms with Crippen LogP contribution in [0, 0.1) is 0 Å². The number of nitrogens with zero attached hydrogens (tertiary/aromatic N) is 3. The minimum Gasteiger partial charge on any atom is -0.467 e. The summed E-state index contributed by atoms with van der Waals surface area (Å²) < 4.78 is 22.8. The Bertz CT molecular complexity index is 737. The van der Waals surface area contributed by atoms with E-state index in [1.807, 2.05) is 12.1 Å². The van der Waals surface area contributed by atoms with Crippen molar-refractivity contribution in [2.45, 2.75) is 30.3 Å². The number of methoxy groups -OCH3 is 1. The van der Waals surface area contributed by atoms with E-state index in [0.29, 0.717) is 29.6 Å². The van der Waals surface area contributed by atoms with Crippen molar-refractivity contribution < 1.29 is 18.2 Å². The van der Waals surface area contributed by atoms with Gasteiger partial charge in [0.05, 0.1) is 25.0 Å². The van der Waals surface area contributed by atoms with Crippen LogP contribution in [0.4, 0.5) is 8.68 Å². The largest absolute Gasteiger partial charge is 0.467 e. The highest BCUT2D eigenvalue weighted by Gasteiger charge is 2.24. The fourth-order valence-corrected chi connectivity index (χ4v) is 3.21. The first-order chi connectivity index (χ1) is 12.7. The Labute approximate surface area is 156 Å². The summed E-state index contributed by atoms with van der Waals surface area (Å²) in [6.45, 7) is 1.35. The van der Waals surface area contributed by atoms with Gasteiger partial charge in [0.25, 0.3) is 0 Å². The van der Waals surface area contributed by atoms with E-state index in [0.717, 1.165) is 12.8 Å². The van der Waals surface area contributed by atoms with Crippen molar-refractivity contribution in [3.63, 3.8) is 0 Å². The molecule has 1 aromatic heterocycles. The summed E-state index contributed by atoms with van der Waals surface area (Å²) in [6.07, 6.45) is 2.94. The molecule has 1 aromatic carbocycles. The number of likely N-dealkylation sites (tertiary alicyclic amines) is 1. The highest BCUT2D eigenvalue weighted by molar-refractivity contribution is 7.94. The van der Waals surface area contributed by atoms with Crippen LogP contribution in [0.5, 0.6) is 6.01 Å². The van der Waals surface area contributed by atoms with Gasteiger partial charge in [0, 0.05) is 24.2 Å². The van der Waals surface area contributed by atoms with Crippen LogP contribution in [0.25, 0.3) is 0 Å². The first-order valence-corrected chi connectivity index (χ1v) is 9.07. The number of carbonyl (C=O) groups is 1. The van der Waals surface area contributed by atoms with Gasteiger partial charge >= 0.3 is 12.1 Å². The van der Waals surface area contributed by atoms with E-state index in [1.165, 1.54) is 12.7 Å². The van der Waals surface area contributed by atoms with E-state index in [1.54, 1.807) is 29.3 Å². The second-order valence-electron chi connectivity index (χ2n) is 6.00. The molecule has 0 bridgehead atoms. The number of carbonyl (C=O) groups excluding carboxylic acids is 1. The number of piperidine rings is 1. The van der Waals surface area contributed by atoms with Crippen molar-refractivity contribution in [3.8, 4) is 6.01 Å². The molecule has 3 rings (SSSR count). The Kier molecular flexibility index (Phi) is 6.27. The maximum absolute atomic E-state index is 12.5. The molecule has 0 radical (unpaired) electrons. The summed E-state index contributed by atoms with van der Waals surface area (Å²) in [6, 6.07) is 9.43. The molecule has 6 nitrogen and oxygen atoms in total. The molecular weight excluding hydrogens is 357 g/mol. The van der Waals surface area contributed by atoms with Crippen LogP contribution in [0.3, 0.4) is 0 Å². The molecule has 0 spiro atoms. The monoisotopic (exact) mass is 377 g/mol. The molecule has 0 aliphatic carbocycles. The Balaban J connectivity index is 1.48. The molecule has 0 atom stereocenters. The van der Waals surface area contributed by atoms with E-state index < -0.39 is 0 Å². The Hall–Kier alpha value is -2.35. The predicted octanol–water partition coefficient (Wildman–Crippen LogP) is 3.98. The minimum atomic E-state index is -0.342. The topological polar surface area (TPSA) is 64.6 Å². The molecule has 26 heavy (non-hydrogen) atoms. The molecule has 0 N–H and O–H groups in total. The molecule has 0 saturated carbocycles. The lowest BCUT2D eigenvalue weighted by Crippen LogP contribution is -2.38. The number of benzene rings is 1. The molecule has 1 aliphatic rings. The Morgan fingerprint density at radius 1 is 1.27 bits per heavy atom. The van der Waals surface area contributed by atoms with E-state index in [-0.39, 0.29) is 30.9 Å². The molecule has 0 unspecified atom stereocenters. The zero-order valence-electron chi connectivity index (χ0n) is 14.4. The summed E-state index contributed by atoms with van der Waals surface area (Å²) in [5.74, 6) is 0.379. The normalized spacial score (nSPS) is 14.9. The molecule has 138 valence electrons. The first-order valence-electron chi connectivity index (χ1n) is 8.35. The lowest BCUT2D eigenvalue weighted by atomic mass is 9.90. The van der Waals surface area contributed by atoms with Crippen molar-refractivity contribution in [3.05, 3.63) is 47.8 Å². The van der Waals surface area contributed by atoms with Crippen molar-refractivity contribution in [1.82, 2.24) is 14.9 Å². The van der Waals surface area contributed by atoms with E-state index >= 15 is 0 Å². The number of aromatic nitrogens is 2. The van der Waals surface area contributed by atoms with Gasteiger partial charge in [0.1, 0.15) is 6.61 Å². The summed E-state index contributed by atoms with van der Waals surface area (Å²) in [5, 5.41) is 0. The number of hydrogen-bond acceptors (Lipinski definition) is 6. The van der Waals surface area contributed by atoms with Crippen LogP contribution >= 0.6 is 12.1 Å². The van der Waals surface area contributed by atoms with Gasteiger partial charge in [0.15, 0.2) is 0 Å². The molecule has 2 heterocycles. The summed E-state index contributed by atoms with van der Waals surface area (Å²) in [4.78, 5) is 22.6. The number of halogens is 1. The smallest absolute Gasteiger partial charge is 0.410 e. The summed E-state index contributed by atoms with van der Waals surface area (Å²) in [5.41, 5.74) is 1.77. The quantitative estimate of drug-likeness (QED) is 0.785. The van der Waals surface area contributed by atoms with Crippen molar-refractivity contribution in [1.29, 1.82) is 0 Å². The second-order valence-corrected chi connectivity index (χ2v) is 6.62. The summed E-state index contributed by atoms with van der Waals surface area (Å²) >= 11 is 0.248. The zero-order chi connectivity index (χ0) is 18.4. The van der Waals surface area contributed by atoms with Gasteiger partial charge < -0.3 is 14.4 Å². The fraction of sp³-hybridized carbons (Fsp3) is 0.389. The SMILES string of the molecule is COc1nccc(COC(=O)N2CCC(c3ccc(SF)cc3)CC2)n1. The van der Waals surface area contributed by atoms with Crippen LogP contribution in [0.15, 0.2) is 41.4 Å². The number of rotatable bonds is 5. The third-order valence-electron chi connectivity index (χ3n) is 4.41. The number of hydrogen-bond donors (Lipinski definition) is 0. The molecule has 1 saturated heterocycles. The number of amides is 1. The lowest BCUT2D eigenvalue weighted by Gasteiger charge is -2.31. The Morgan fingerprint density at radius 2 is 2.00 bits per heavy atom. The average molecular weight is 377 g/mol. The highest BCUT2D eigenvalue weighted by atomic mass is 32.2. The third kappa shape index (κ3) is 4.63. The minimum absolute atomic E-state index is 0.0833. The average Bonchev–Trinajstić information content (AvgIpc) is 2.72. The van der Waals surface area contributed by atoms with Gasteiger partial charge in [-0.15, -0.1) is 0 Å². The second kappa shape index (κ2) is 8.84. The van der Waals surface area contributed by atoms with Gasteiger partial charge in [-0.05, 0) is 42.5 Å². The van der Waals surface area contributed by atoms with E-state index in [2.05, 4.69) is 9.97 Å². The van der Waals surface area contributed by atoms with Crippen molar-refractivity contribution in [2.75, 3.05) is 20.2 Å². The Morgan fingerprint density at radius 3 is 2.65 bits per heavy atom. The van der Waals surface area contributed by atoms with Crippen LogP contribution in [0.2, 0.25) is 0 Å². The van der Waals surface area contributed by atoms with Crippen LogP contribution in [-0.2, 0) is 11.3 Å². The predicted molar refractivity (Wildman–Crippen MR) is 95.7 cm³/mol. The van der Waals surface area contributed by atoms with Crippen LogP contribution in [0.1, 0.15) is 30.0 Å². The molecular formula is C18H20FN3O3S. The fourth-order valence-electron chi connectivity index (χ4n) is 2.97. The van der Waals surface area contributed by atoms with Gasteiger partial charge in [-0.1, -0.05) is 12.1 Å². The molecule has 1 aliphatic heterocycles. The number of ether oxygens (including phenoxy) is 2. The molecule has 8 heteroatoms. The molecule has 1 amide bonds. The molecule has 1 fully saturated rings. The van der Waals surface area contributed by atoms with E-state index in [4.69, 9.17) is 9.47 Å². The summed E-state index contributed by atoms with van der Waals surface area (Å²) in [7, 11) is 1.49. The standard InChI is InChI=1S/C18H20FN3O3S/c1-24-17-20-9-6-15(21-17)12-25-18(23)22-10-7-14(8-11-22)13-2-4-16(26-19)5-3-13/h2-6,9,14H,7-8,10-12H2,1H3. The maximum atomic E-state index is 12.5.